The molecule has 0 fully saturated rings. The van der Waals surface area contributed by atoms with Crippen LogP contribution in [0, 0.1) is 0 Å². The van der Waals surface area contributed by atoms with Crippen LogP contribution in [0.4, 0.5) is 5.69 Å². The average molecular weight is 343 g/mol. The van der Waals surface area contributed by atoms with E-state index in [0.29, 0.717) is 0 Å². The second kappa shape index (κ2) is 8.01. The Labute approximate surface area is 127 Å². The van der Waals surface area contributed by atoms with Gasteiger partial charge in [-0.3, -0.25) is 14.5 Å². The van der Waals surface area contributed by atoms with Crippen molar-refractivity contribution in [1.82, 2.24) is 4.90 Å². The van der Waals surface area contributed by atoms with E-state index in [1.165, 1.54) is 7.11 Å². The third kappa shape index (κ3) is 5.71. The Bertz CT molecular complexity index is 460. The van der Waals surface area contributed by atoms with Crippen molar-refractivity contribution in [2.75, 3.05) is 25.5 Å². The van der Waals surface area contributed by atoms with Crippen molar-refractivity contribution in [3.05, 3.63) is 28.7 Å². The number of hydrogen-bond acceptors (Lipinski definition) is 4. The Morgan fingerprint density at radius 3 is 2.35 bits per heavy atom. The van der Waals surface area contributed by atoms with Gasteiger partial charge in [-0.15, -0.1) is 0 Å². The number of hydrogen-bond donors (Lipinski definition) is 1. The van der Waals surface area contributed by atoms with Crippen LogP contribution in [-0.2, 0) is 14.3 Å². The van der Waals surface area contributed by atoms with Crippen LogP contribution in [0.1, 0.15) is 13.8 Å². The number of benzene rings is 1. The lowest BCUT2D eigenvalue weighted by Gasteiger charge is -2.24. The van der Waals surface area contributed by atoms with Crippen LogP contribution in [0.25, 0.3) is 0 Å². The summed E-state index contributed by atoms with van der Waals surface area (Å²) in [6, 6.07) is 7.39. The molecule has 5 nitrogen and oxygen atoms in total. The molecule has 0 heterocycles. The first-order valence-corrected chi connectivity index (χ1v) is 7.08. The van der Waals surface area contributed by atoms with Crippen LogP contribution in [-0.4, -0.2) is 43.0 Å². The van der Waals surface area contributed by atoms with Gasteiger partial charge in [-0.1, -0.05) is 15.9 Å². The summed E-state index contributed by atoms with van der Waals surface area (Å²) in [7, 11) is 1.34. The first kappa shape index (κ1) is 16.7. The molecule has 1 N–H and O–H groups in total. The summed E-state index contributed by atoms with van der Waals surface area (Å²) in [6.45, 7) is 4.09. The first-order chi connectivity index (χ1) is 9.42. The first-order valence-electron chi connectivity index (χ1n) is 6.28. The lowest BCUT2D eigenvalue weighted by atomic mass is 10.3. The van der Waals surface area contributed by atoms with Gasteiger partial charge in [0.05, 0.1) is 20.2 Å². The molecular weight excluding hydrogens is 324 g/mol. The molecule has 0 saturated heterocycles. The smallest absolute Gasteiger partial charge is 0.319 e. The van der Waals surface area contributed by atoms with Crippen molar-refractivity contribution >= 4 is 33.5 Å². The average Bonchev–Trinajstić information content (AvgIpc) is 2.40. The molecule has 0 unspecified atom stereocenters. The molecule has 0 aliphatic rings. The highest BCUT2D eigenvalue weighted by Gasteiger charge is 2.17. The van der Waals surface area contributed by atoms with Crippen molar-refractivity contribution in [3.8, 4) is 0 Å². The number of carbonyl (C=O) groups excluding carboxylic acids is 2. The summed E-state index contributed by atoms with van der Waals surface area (Å²) in [5, 5.41) is 2.79. The van der Waals surface area contributed by atoms with Crippen LogP contribution in [0.3, 0.4) is 0 Å². The molecule has 20 heavy (non-hydrogen) atoms. The number of rotatable bonds is 6. The second-order valence-electron chi connectivity index (χ2n) is 4.63. The summed E-state index contributed by atoms with van der Waals surface area (Å²) in [4.78, 5) is 25.0. The number of ether oxygens (including phenoxy) is 1. The molecule has 1 aromatic carbocycles. The zero-order valence-corrected chi connectivity index (χ0v) is 13.4. The van der Waals surface area contributed by atoms with E-state index >= 15 is 0 Å². The molecule has 6 heteroatoms. The maximum Gasteiger partial charge on any atom is 0.319 e. The molecule has 0 saturated carbocycles. The van der Waals surface area contributed by atoms with Gasteiger partial charge < -0.3 is 10.1 Å². The molecule has 1 rings (SSSR count). The maximum absolute atomic E-state index is 12.0. The van der Waals surface area contributed by atoms with Gasteiger partial charge >= 0.3 is 5.97 Å². The van der Waals surface area contributed by atoms with Crippen LogP contribution in [0.2, 0.25) is 0 Å². The highest BCUT2D eigenvalue weighted by atomic mass is 79.9. The standard InChI is InChI=1S/C14H19BrN2O3/c1-10(2)17(9-14(19)20-3)8-13(18)16-12-6-4-11(15)5-7-12/h4-7,10H,8-9H2,1-3H3,(H,16,18). The molecule has 0 aliphatic carbocycles. The fourth-order valence-electron chi connectivity index (χ4n) is 1.57. The highest BCUT2D eigenvalue weighted by Crippen LogP contribution is 2.14. The zero-order valence-electron chi connectivity index (χ0n) is 11.9. The van der Waals surface area contributed by atoms with Gasteiger partial charge in [-0.2, -0.15) is 0 Å². The second-order valence-corrected chi connectivity index (χ2v) is 5.55. The van der Waals surface area contributed by atoms with E-state index in [1.54, 1.807) is 4.90 Å². The zero-order chi connectivity index (χ0) is 15.1. The van der Waals surface area contributed by atoms with Crippen molar-refractivity contribution in [1.29, 1.82) is 0 Å². The van der Waals surface area contributed by atoms with Gasteiger partial charge in [0.25, 0.3) is 0 Å². The van der Waals surface area contributed by atoms with E-state index in [0.717, 1.165) is 10.2 Å². The Hall–Kier alpha value is -1.40. The summed E-state index contributed by atoms with van der Waals surface area (Å²) < 4.78 is 5.58. The van der Waals surface area contributed by atoms with Gasteiger partial charge in [0.15, 0.2) is 0 Å². The van der Waals surface area contributed by atoms with Crippen molar-refractivity contribution < 1.29 is 14.3 Å². The van der Waals surface area contributed by atoms with Gasteiger partial charge in [-0.25, -0.2) is 0 Å². The lowest BCUT2D eigenvalue weighted by molar-refractivity contribution is -0.142. The number of nitrogens with zero attached hydrogens (tertiary/aromatic N) is 1. The van der Waals surface area contributed by atoms with Crippen molar-refractivity contribution in [2.24, 2.45) is 0 Å². The Kier molecular flexibility index (Phi) is 6.67. The van der Waals surface area contributed by atoms with E-state index in [4.69, 9.17) is 0 Å². The lowest BCUT2D eigenvalue weighted by Crippen LogP contribution is -2.41. The molecule has 0 radical (unpaired) electrons. The summed E-state index contributed by atoms with van der Waals surface area (Å²) in [6.07, 6.45) is 0. The molecular formula is C14H19BrN2O3. The third-order valence-corrected chi connectivity index (χ3v) is 3.29. The van der Waals surface area contributed by atoms with E-state index in [2.05, 4.69) is 26.0 Å². The minimum absolute atomic E-state index is 0.0739. The van der Waals surface area contributed by atoms with Crippen molar-refractivity contribution in [2.45, 2.75) is 19.9 Å². The highest BCUT2D eigenvalue weighted by molar-refractivity contribution is 9.10. The van der Waals surface area contributed by atoms with Crippen LogP contribution in [0.15, 0.2) is 28.7 Å². The maximum atomic E-state index is 12.0. The van der Waals surface area contributed by atoms with E-state index < -0.39 is 0 Å². The minimum Gasteiger partial charge on any atom is -0.468 e. The molecule has 110 valence electrons. The summed E-state index contributed by atoms with van der Waals surface area (Å²) in [5.74, 6) is -0.514. The van der Waals surface area contributed by atoms with Crippen LogP contribution in [0.5, 0.6) is 0 Å². The molecule has 0 bridgehead atoms. The third-order valence-electron chi connectivity index (χ3n) is 2.76. The monoisotopic (exact) mass is 342 g/mol. The Morgan fingerprint density at radius 2 is 1.85 bits per heavy atom. The number of halogens is 1. The predicted octanol–water partition coefficient (Wildman–Crippen LogP) is 2.27. The largest absolute Gasteiger partial charge is 0.468 e. The minimum atomic E-state index is -0.352. The quantitative estimate of drug-likeness (QED) is 0.805. The molecule has 0 spiro atoms. The topological polar surface area (TPSA) is 58.6 Å². The van der Waals surface area contributed by atoms with E-state index in [-0.39, 0.29) is 31.0 Å². The number of carbonyl (C=O) groups is 2. The Balaban J connectivity index is 2.57. The number of nitrogens with one attached hydrogen (secondary N) is 1. The predicted molar refractivity (Wildman–Crippen MR) is 81.5 cm³/mol. The van der Waals surface area contributed by atoms with Gasteiger partial charge in [0.1, 0.15) is 0 Å². The molecule has 1 amide bonds. The van der Waals surface area contributed by atoms with Gasteiger partial charge in [0.2, 0.25) is 5.91 Å². The number of esters is 1. The normalized spacial score (nSPS) is 10.7. The van der Waals surface area contributed by atoms with Crippen LogP contribution >= 0.6 is 15.9 Å². The van der Waals surface area contributed by atoms with Gasteiger partial charge in [-0.05, 0) is 38.1 Å². The van der Waals surface area contributed by atoms with Gasteiger partial charge in [0, 0.05) is 16.2 Å². The molecule has 0 aliphatic heterocycles. The fourth-order valence-corrected chi connectivity index (χ4v) is 1.83. The molecule has 0 atom stereocenters. The molecule has 0 aromatic heterocycles. The number of anilines is 1. The summed E-state index contributed by atoms with van der Waals surface area (Å²) >= 11 is 3.33. The fraction of sp³-hybridized carbons (Fsp3) is 0.429. The number of amides is 1. The SMILES string of the molecule is COC(=O)CN(CC(=O)Nc1ccc(Br)cc1)C(C)C. The van der Waals surface area contributed by atoms with Crippen molar-refractivity contribution in [3.63, 3.8) is 0 Å². The molecule has 1 aromatic rings. The van der Waals surface area contributed by atoms with E-state index in [9.17, 15) is 9.59 Å². The van der Waals surface area contributed by atoms with E-state index in [1.807, 2.05) is 38.1 Å². The number of methoxy groups -OCH3 is 1. The van der Waals surface area contributed by atoms with Crippen LogP contribution < -0.4 is 5.32 Å². The summed E-state index contributed by atoms with van der Waals surface area (Å²) in [5.41, 5.74) is 0.722. The Morgan fingerprint density at radius 1 is 1.25 bits per heavy atom.